The summed E-state index contributed by atoms with van der Waals surface area (Å²) in [7, 11) is 2.92. The van der Waals surface area contributed by atoms with Crippen LogP contribution in [0.1, 0.15) is 29.1 Å². The van der Waals surface area contributed by atoms with E-state index >= 15 is 0 Å². The lowest BCUT2D eigenvalue weighted by Crippen LogP contribution is -2.29. The quantitative estimate of drug-likeness (QED) is 0.154. The van der Waals surface area contributed by atoms with E-state index in [1.165, 1.54) is 26.4 Å². The third-order valence-corrected chi connectivity index (χ3v) is 7.03. The van der Waals surface area contributed by atoms with Crippen molar-refractivity contribution < 1.29 is 23.6 Å². The molecule has 1 aliphatic rings. The summed E-state index contributed by atoms with van der Waals surface area (Å²) in [6, 6.07) is 18.6. The summed E-state index contributed by atoms with van der Waals surface area (Å²) in [5.74, 6) is 1.15. The van der Waals surface area contributed by atoms with Crippen LogP contribution in [0.5, 0.6) is 5.75 Å². The van der Waals surface area contributed by atoms with Crippen LogP contribution in [0.25, 0.3) is 11.3 Å². The fourth-order valence-corrected chi connectivity index (χ4v) is 5.18. The topological polar surface area (TPSA) is 132 Å². The Morgan fingerprint density at radius 1 is 1.17 bits per heavy atom. The van der Waals surface area contributed by atoms with Crippen molar-refractivity contribution in [3.8, 4) is 17.1 Å². The van der Waals surface area contributed by atoms with Gasteiger partial charge in [0.1, 0.15) is 29.9 Å². The normalized spacial score (nSPS) is 16.4. The van der Waals surface area contributed by atoms with Crippen LogP contribution >= 0.6 is 12.2 Å². The minimum Gasteiger partial charge on any atom is -0.496 e. The Labute approximate surface area is 241 Å². The Morgan fingerprint density at radius 3 is 2.68 bits per heavy atom. The van der Waals surface area contributed by atoms with Crippen LogP contribution in [0, 0.1) is 17.0 Å². The van der Waals surface area contributed by atoms with Gasteiger partial charge in [-0.05, 0) is 73.2 Å². The minimum absolute atomic E-state index is 0.0461. The number of non-ortho nitro benzene ring substituents is 1. The molecular formula is C29H27N5O6S. The SMILES string of the molecule is COCC(=O)Nc1ccc(N2C(=S)N[C@@H](c3ccccn3)[C@H]2c2ccc(-c3ccc([N+](=O)[O-])cc3OC)o2)cc1C. The number of nitrogens with zero attached hydrogens (tertiary/aromatic N) is 3. The van der Waals surface area contributed by atoms with Gasteiger partial charge in [-0.15, -0.1) is 0 Å². The average Bonchev–Trinajstić information content (AvgIpc) is 3.59. The first-order valence-corrected chi connectivity index (χ1v) is 13.0. The number of hydrogen-bond donors (Lipinski definition) is 2. The summed E-state index contributed by atoms with van der Waals surface area (Å²) in [6.45, 7) is 1.85. The molecule has 0 spiro atoms. The number of anilines is 2. The zero-order chi connectivity index (χ0) is 29.1. The van der Waals surface area contributed by atoms with Gasteiger partial charge < -0.3 is 29.4 Å². The number of aryl methyl sites for hydroxylation is 1. The van der Waals surface area contributed by atoms with Crippen LogP contribution in [0.2, 0.25) is 0 Å². The van der Waals surface area contributed by atoms with E-state index in [9.17, 15) is 14.9 Å². The summed E-state index contributed by atoms with van der Waals surface area (Å²) in [5.41, 5.74) is 3.56. The van der Waals surface area contributed by atoms with Crippen molar-refractivity contribution in [3.05, 3.63) is 100 Å². The number of methoxy groups -OCH3 is 2. The molecule has 0 aliphatic carbocycles. The highest BCUT2D eigenvalue weighted by Crippen LogP contribution is 2.44. The van der Waals surface area contributed by atoms with Gasteiger partial charge in [0, 0.05) is 30.7 Å². The second kappa shape index (κ2) is 11.7. The maximum atomic E-state index is 12.1. The molecule has 2 N–H and O–H groups in total. The van der Waals surface area contributed by atoms with E-state index in [-0.39, 0.29) is 24.2 Å². The molecule has 0 radical (unpaired) electrons. The van der Waals surface area contributed by atoms with Crippen molar-refractivity contribution in [3.63, 3.8) is 0 Å². The van der Waals surface area contributed by atoms with E-state index in [1.54, 1.807) is 18.3 Å². The van der Waals surface area contributed by atoms with Crippen LogP contribution in [-0.2, 0) is 9.53 Å². The molecule has 2 aromatic carbocycles. The Kier molecular flexibility index (Phi) is 7.95. The van der Waals surface area contributed by atoms with Crippen molar-refractivity contribution in [2.75, 3.05) is 31.0 Å². The van der Waals surface area contributed by atoms with Gasteiger partial charge in [-0.2, -0.15) is 0 Å². The fraction of sp³-hybridized carbons (Fsp3) is 0.207. The number of rotatable bonds is 9. The molecule has 210 valence electrons. The smallest absolute Gasteiger partial charge is 0.273 e. The summed E-state index contributed by atoms with van der Waals surface area (Å²) >= 11 is 5.81. The number of carbonyl (C=O) groups excluding carboxylic acids is 1. The van der Waals surface area contributed by atoms with Gasteiger partial charge in [0.05, 0.1) is 35.4 Å². The van der Waals surface area contributed by atoms with Crippen molar-refractivity contribution >= 4 is 40.3 Å². The predicted octanol–water partition coefficient (Wildman–Crippen LogP) is 5.33. The van der Waals surface area contributed by atoms with Crippen LogP contribution in [-0.4, -0.2) is 41.8 Å². The summed E-state index contributed by atoms with van der Waals surface area (Å²) < 4.78 is 16.7. The Balaban J connectivity index is 1.55. The van der Waals surface area contributed by atoms with Gasteiger partial charge in [-0.3, -0.25) is 19.9 Å². The Morgan fingerprint density at radius 2 is 2.00 bits per heavy atom. The second-order valence-corrected chi connectivity index (χ2v) is 9.71. The maximum absolute atomic E-state index is 12.1. The molecule has 1 amide bonds. The molecule has 4 aromatic rings. The summed E-state index contributed by atoms with van der Waals surface area (Å²) in [5, 5.41) is 18.0. The number of ether oxygens (including phenoxy) is 2. The molecule has 1 saturated heterocycles. The first-order chi connectivity index (χ1) is 19.8. The zero-order valence-corrected chi connectivity index (χ0v) is 23.3. The van der Waals surface area contributed by atoms with Crippen molar-refractivity contribution in [2.24, 2.45) is 0 Å². The minimum atomic E-state index is -0.476. The molecule has 3 heterocycles. The number of amides is 1. The summed E-state index contributed by atoms with van der Waals surface area (Å²) in [6.07, 6.45) is 1.72. The number of pyridine rings is 1. The molecule has 0 unspecified atom stereocenters. The molecule has 41 heavy (non-hydrogen) atoms. The molecule has 12 heteroatoms. The average molecular weight is 574 g/mol. The summed E-state index contributed by atoms with van der Waals surface area (Å²) in [4.78, 5) is 29.4. The molecule has 0 bridgehead atoms. The molecule has 1 aliphatic heterocycles. The Hall–Kier alpha value is -4.81. The van der Waals surface area contributed by atoms with Crippen molar-refractivity contribution in [2.45, 2.75) is 19.0 Å². The number of thiocarbonyl (C=S) groups is 1. The highest BCUT2D eigenvalue weighted by molar-refractivity contribution is 7.80. The number of hydrogen-bond acceptors (Lipinski definition) is 8. The van der Waals surface area contributed by atoms with Gasteiger partial charge in [0.2, 0.25) is 5.91 Å². The first kappa shape index (κ1) is 27.7. The van der Waals surface area contributed by atoms with E-state index in [0.29, 0.717) is 33.6 Å². The van der Waals surface area contributed by atoms with Crippen LogP contribution in [0.4, 0.5) is 17.1 Å². The van der Waals surface area contributed by atoms with Gasteiger partial charge >= 0.3 is 0 Å². The molecule has 2 aromatic heterocycles. The van der Waals surface area contributed by atoms with Crippen LogP contribution in [0.3, 0.4) is 0 Å². The van der Waals surface area contributed by atoms with Crippen molar-refractivity contribution in [1.82, 2.24) is 10.3 Å². The highest BCUT2D eigenvalue weighted by atomic mass is 32.1. The molecular weight excluding hydrogens is 546 g/mol. The van der Waals surface area contributed by atoms with E-state index in [4.69, 9.17) is 26.1 Å². The molecule has 0 saturated carbocycles. The maximum Gasteiger partial charge on any atom is 0.273 e. The first-order valence-electron chi connectivity index (χ1n) is 12.6. The third-order valence-electron chi connectivity index (χ3n) is 6.72. The zero-order valence-electron chi connectivity index (χ0n) is 22.5. The lowest BCUT2D eigenvalue weighted by molar-refractivity contribution is -0.384. The lowest BCUT2D eigenvalue weighted by Gasteiger charge is -2.27. The number of benzene rings is 2. The van der Waals surface area contributed by atoms with E-state index < -0.39 is 11.0 Å². The van der Waals surface area contributed by atoms with E-state index in [0.717, 1.165) is 16.9 Å². The number of nitrogens with one attached hydrogen (secondary N) is 2. The van der Waals surface area contributed by atoms with E-state index in [2.05, 4.69) is 15.6 Å². The highest BCUT2D eigenvalue weighted by Gasteiger charge is 2.42. The fourth-order valence-electron chi connectivity index (χ4n) is 4.83. The van der Waals surface area contributed by atoms with Gasteiger partial charge in [-0.1, -0.05) is 6.07 Å². The van der Waals surface area contributed by atoms with Gasteiger partial charge in [0.15, 0.2) is 5.11 Å². The number of furan rings is 1. The standard InChI is InChI=1S/C29H27N5O6S/c1-17-14-18(8-10-21(17)31-26(35)16-38-2)33-28(27(32-29(33)41)22-6-4-5-13-30-22)24-12-11-23(40-24)20-9-7-19(34(36)37)15-25(20)39-3/h4-15,27-28H,16H2,1-3H3,(H,31,35)(H,32,41)/t27-,28+/m0/s1. The largest absolute Gasteiger partial charge is 0.496 e. The van der Waals surface area contributed by atoms with Crippen LogP contribution < -0.4 is 20.3 Å². The van der Waals surface area contributed by atoms with E-state index in [1.807, 2.05) is 54.3 Å². The number of carbonyl (C=O) groups is 1. The molecule has 11 nitrogen and oxygen atoms in total. The van der Waals surface area contributed by atoms with Crippen LogP contribution in [0.15, 0.2) is 77.3 Å². The number of aromatic nitrogens is 1. The second-order valence-electron chi connectivity index (χ2n) is 9.32. The molecule has 1 fully saturated rings. The van der Waals surface area contributed by atoms with Gasteiger partial charge in [-0.25, -0.2) is 0 Å². The Bertz CT molecular complexity index is 1610. The number of nitro groups is 1. The van der Waals surface area contributed by atoms with Gasteiger partial charge in [0.25, 0.3) is 5.69 Å². The lowest BCUT2D eigenvalue weighted by atomic mass is 10.0. The predicted molar refractivity (Wildman–Crippen MR) is 157 cm³/mol. The molecule has 5 rings (SSSR count). The monoisotopic (exact) mass is 573 g/mol. The molecule has 2 atom stereocenters. The third kappa shape index (κ3) is 5.60. The van der Waals surface area contributed by atoms with Crippen molar-refractivity contribution in [1.29, 1.82) is 0 Å². The number of nitro benzene ring substituents is 1.